The van der Waals surface area contributed by atoms with E-state index in [1.165, 1.54) is 19.2 Å². The average Bonchev–Trinajstić information content (AvgIpc) is 2.59. The van der Waals surface area contributed by atoms with E-state index in [0.29, 0.717) is 36.4 Å². The predicted molar refractivity (Wildman–Crippen MR) is 104 cm³/mol. The molecule has 1 saturated heterocycles. The van der Waals surface area contributed by atoms with Crippen molar-refractivity contribution in [1.82, 2.24) is 4.90 Å². The molecule has 0 bridgehead atoms. The van der Waals surface area contributed by atoms with Gasteiger partial charge in [-0.2, -0.15) is 0 Å². The topological polar surface area (TPSA) is 65.1 Å². The highest BCUT2D eigenvalue weighted by Crippen LogP contribution is 2.37. The average molecular weight is 398 g/mol. The molecular weight excluding hydrogens is 370 g/mol. The van der Waals surface area contributed by atoms with Crippen molar-refractivity contribution >= 4 is 23.5 Å². The third kappa shape index (κ3) is 5.76. The highest BCUT2D eigenvalue weighted by atomic mass is 35.5. The lowest BCUT2D eigenvalue weighted by Crippen LogP contribution is -2.44. The van der Waals surface area contributed by atoms with Crippen molar-refractivity contribution in [3.8, 4) is 11.5 Å². The molecule has 27 heavy (non-hydrogen) atoms. The van der Waals surface area contributed by atoms with E-state index in [-0.39, 0.29) is 29.2 Å². The first-order valence-corrected chi connectivity index (χ1v) is 9.58. The van der Waals surface area contributed by atoms with Crippen LogP contribution in [0.5, 0.6) is 11.5 Å². The summed E-state index contributed by atoms with van der Waals surface area (Å²) in [7, 11) is 1.47. The van der Waals surface area contributed by atoms with Gasteiger partial charge in [-0.15, -0.1) is 0 Å². The predicted octanol–water partition coefficient (Wildman–Crippen LogP) is 3.80. The van der Waals surface area contributed by atoms with E-state index in [1.54, 1.807) is 4.90 Å². The van der Waals surface area contributed by atoms with Gasteiger partial charge in [-0.3, -0.25) is 4.79 Å². The number of hydrogen-bond acceptors (Lipinski definition) is 5. The molecule has 0 aliphatic carbocycles. The van der Waals surface area contributed by atoms with Gasteiger partial charge in [0.25, 0.3) is 5.91 Å². The van der Waals surface area contributed by atoms with Gasteiger partial charge in [0.05, 0.1) is 23.8 Å². The first-order chi connectivity index (χ1) is 12.7. The second-order valence-corrected chi connectivity index (χ2v) is 7.88. The lowest BCUT2D eigenvalue weighted by Gasteiger charge is -2.34. The van der Waals surface area contributed by atoms with E-state index in [4.69, 9.17) is 25.8 Å². The summed E-state index contributed by atoms with van der Waals surface area (Å²) in [5.74, 6) is 0.804. The zero-order valence-corrected chi connectivity index (χ0v) is 17.3. The maximum absolute atomic E-state index is 12.4. The van der Waals surface area contributed by atoms with Crippen molar-refractivity contribution < 1.29 is 23.8 Å². The molecule has 0 aromatic heterocycles. The smallest absolute Gasteiger partial charge is 0.338 e. The molecule has 1 aromatic carbocycles. The van der Waals surface area contributed by atoms with Crippen LogP contribution in [0.1, 0.15) is 44.5 Å². The molecule has 1 aliphatic rings. The van der Waals surface area contributed by atoms with Gasteiger partial charge >= 0.3 is 5.97 Å². The molecule has 7 heteroatoms. The van der Waals surface area contributed by atoms with Gasteiger partial charge in [0, 0.05) is 13.1 Å². The molecule has 6 nitrogen and oxygen atoms in total. The van der Waals surface area contributed by atoms with Crippen LogP contribution < -0.4 is 9.47 Å². The number of piperidine rings is 1. The lowest BCUT2D eigenvalue weighted by molar-refractivity contribution is -0.137. The van der Waals surface area contributed by atoms with Crippen LogP contribution in [0.4, 0.5) is 0 Å². The number of hydrogen-bond donors (Lipinski definition) is 0. The molecule has 0 unspecified atom stereocenters. The van der Waals surface area contributed by atoms with Crippen LogP contribution in [0.2, 0.25) is 5.02 Å². The fraction of sp³-hybridized carbons (Fsp3) is 0.600. The Hall–Kier alpha value is -1.95. The summed E-state index contributed by atoms with van der Waals surface area (Å²) in [5.41, 5.74) is 0.209. The number of amides is 1. The number of halogens is 1. The fourth-order valence-electron chi connectivity index (χ4n) is 3.36. The molecule has 150 valence electrons. The summed E-state index contributed by atoms with van der Waals surface area (Å²) in [5, 5.41) is 0.250. The minimum absolute atomic E-state index is 0.0962. The Labute approximate surface area is 165 Å². The summed E-state index contributed by atoms with van der Waals surface area (Å²) in [4.78, 5) is 26.5. The normalized spacial score (nSPS) is 19.7. The molecule has 2 atom stereocenters. The van der Waals surface area contributed by atoms with Crippen molar-refractivity contribution in [3.05, 3.63) is 22.7 Å². The van der Waals surface area contributed by atoms with Crippen molar-refractivity contribution in [2.75, 3.05) is 26.8 Å². The maximum Gasteiger partial charge on any atom is 0.338 e. The van der Waals surface area contributed by atoms with E-state index in [1.807, 2.05) is 13.8 Å². The summed E-state index contributed by atoms with van der Waals surface area (Å²) in [6.07, 6.45) is 1.01. The minimum atomic E-state index is -0.627. The Balaban J connectivity index is 2.03. The maximum atomic E-state index is 12.4. The zero-order chi connectivity index (χ0) is 20.1. The Morgan fingerprint density at radius 2 is 1.85 bits per heavy atom. The quantitative estimate of drug-likeness (QED) is 0.683. The number of esters is 1. The molecule has 1 aliphatic heterocycles. The number of benzene rings is 1. The van der Waals surface area contributed by atoms with Crippen LogP contribution in [-0.4, -0.2) is 49.7 Å². The fourth-order valence-corrected chi connectivity index (χ4v) is 3.61. The van der Waals surface area contributed by atoms with E-state index < -0.39 is 5.97 Å². The van der Waals surface area contributed by atoms with E-state index >= 15 is 0 Å². The number of likely N-dealkylation sites (tertiary alicyclic amines) is 1. The van der Waals surface area contributed by atoms with Crippen LogP contribution in [0.25, 0.3) is 0 Å². The van der Waals surface area contributed by atoms with Crippen molar-refractivity contribution in [2.45, 2.75) is 40.2 Å². The monoisotopic (exact) mass is 397 g/mol. The largest absolute Gasteiger partial charge is 0.493 e. The second-order valence-electron chi connectivity index (χ2n) is 7.48. The van der Waals surface area contributed by atoms with Gasteiger partial charge in [0.1, 0.15) is 0 Å². The standard InChI is InChI=1S/C20H28ClNO5/c1-12(2)27-19-16(21)7-15(8-17(19)25-5)20(24)26-11-18(23)22-9-13(3)6-14(4)10-22/h7-8,12-14H,6,9-11H2,1-5H3/t13-,14-/m0/s1. The van der Waals surface area contributed by atoms with Crippen LogP contribution in [-0.2, 0) is 9.53 Å². The number of rotatable bonds is 6. The molecule has 0 radical (unpaired) electrons. The van der Waals surface area contributed by atoms with Gasteiger partial charge in [0.2, 0.25) is 0 Å². The number of carbonyl (C=O) groups is 2. The van der Waals surface area contributed by atoms with Gasteiger partial charge in [-0.25, -0.2) is 4.79 Å². The lowest BCUT2D eigenvalue weighted by atomic mass is 9.92. The molecule has 0 spiro atoms. The van der Waals surface area contributed by atoms with E-state index in [0.717, 1.165) is 6.42 Å². The Morgan fingerprint density at radius 1 is 1.22 bits per heavy atom. The minimum Gasteiger partial charge on any atom is -0.493 e. The van der Waals surface area contributed by atoms with E-state index in [2.05, 4.69) is 13.8 Å². The molecule has 1 heterocycles. The molecule has 1 amide bonds. The Kier molecular flexibility index (Phi) is 7.36. The Bertz CT molecular complexity index is 681. The van der Waals surface area contributed by atoms with Gasteiger partial charge in [0.15, 0.2) is 18.1 Å². The van der Waals surface area contributed by atoms with Crippen LogP contribution in [0, 0.1) is 11.8 Å². The number of ether oxygens (including phenoxy) is 3. The number of nitrogens with zero attached hydrogens (tertiary/aromatic N) is 1. The summed E-state index contributed by atoms with van der Waals surface area (Å²) in [6.45, 7) is 9.08. The van der Waals surface area contributed by atoms with Crippen LogP contribution in [0.15, 0.2) is 12.1 Å². The van der Waals surface area contributed by atoms with Crippen molar-refractivity contribution in [1.29, 1.82) is 0 Å². The molecule has 1 fully saturated rings. The summed E-state index contributed by atoms with van der Waals surface area (Å²) >= 11 is 6.23. The van der Waals surface area contributed by atoms with Gasteiger partial charge < -0.3 is 19.1 Å². The zero-order valence-electron chi connectivity index (χ0n) is 16.6. The van der Waals surface area contributed by atoms with Crippen LogP contribution in [0.3, 0.4) is 0 Å². The van der Waals surface area contributed by atoms with Crippen LogP contribution >= 0.6 is 11.6 Å². The Morgan fingerprint density at radius 3 is 2.41 bits per heavy atom. The molecule has 0 N–H and O–H groups in total. The molecule has 1 aromatic rings. The summed E-state index contributed by atoms with van der Waals surface area (Å²) in [6, 6.07) is 2.96. The highest BCUT2D eigenvalue weighted by molar-refractivity contribution is 6.32. The third-order valence-corrected chi connectivity index (χ3v) is 4.65. The third-order valence-electron chi connectivity index (χ3n) is 4.37. The SMILES string of the molecule is COc1cc(C(=O)OCC(=O)N2C[C@@H](C)C[C@H](C)C2)cc(Cl)c1OC(C)C. The van der Waals surface area contributed by atoms with Crippen molar-refractivity contribution in [2.24, 2.45) is 11.8 Å². The van der Waals surface area contributed by atoms with Gasteiger partial charge in [-0.1, -0.05) is 25.4 Å². The summed E-state index contributed by atoms with van der Waals surface area (Å²) < 4.78 is 16.1. The number of carbonyl (C=O) groups excluding carboxylic acids is 2. The molecule has 0 saturated carbocycles. The van der Waals surface area contributed by atoms with Crippen molar-refractivity contribution in [3.63, 3.8) is 0 Å². The first-order valence-electron chi connectivity index (χ1n) is 9.20. The molecular formula is C20H28ClNO5. The second kappa shape index (κ2) is 9.31. The first kappa shape index (κ1) is 21.4. The molecule has 2 rings (SSSR count). The van der Waals surface area contributed by atoms with E-state index in [9.17, 15) is 9.59 Å². The number of methoxy groups -OCH3 is 1. The highest BCUT2D eigenvalue weighted by Gasteiger charge is 2.26. The van der Waals surface area contributed by atoms with Gasteiger partial charge in [-0.05, 0) is 44.2 Å².